The predicted molar refractivity (Wildman–Crippen MR) is 103 cm³/mol. The maximum Gasteiger partial charge on any atom is 0.191 e. The molecule has 0 radical (unpaired) electrons. The summed E-state index contributed by atoms with van der Waals surface area (Å²) in [6.07, 6.45) is 0. The van der Waals surface area contributed by atoms with E-state index in [1.54, 1.807) is 26.3 Å². The summed E-state index contributed by atoms with van der Waals surface area (Å²) in [7, 11) is 3.26. The second-order valence-electron chi connectivity index (χ2n) is 5.45. The second-order valence-corrected chi connectivity index (χ2v) is 5.86. The van der Waals surface area contributed by atoms with Gasteiger partial charge in [0, 0.05) is 20.1 Å². The molecule has 0 fully saturated rings. The van der Waals surface area contributed by atoms with Crippen LogP contribution in [0, 0.1) is 5.82 Å². The zero-order valence-corrected chi connectivity index (χ0v) is 15.9. The van der Waals surface area contributed by atoms with Gasteiger partial charge in [0.1, 0.15) is 5.82 Å². The Bertz CT molecular complexity index is 751. The van der Waals surface area contributed by atoms with Crippen LogP contribution in [0.5, 0.6) is 11.5 Å². The molecule has 2 N–H and O–H groups in total. The smallest absolute Gasteiger partial charge is 0.191 e. The monoisotopic (exact) mass is 379 g/mol. The molecule has 0 aliphatic heterocycles. The number of guanidine groups is 1. The predicted octanol–water partition coefficient (Wildman–Crippen LogP) is 3.75. The van der Waals surface area contributed by atoms with Crippen molar-refractivity contribution in [3.8, 4) is 11.5 Å². The fourth-order valence-corrected chi connectivity index (χ4v) is 2.64. The Hall–Kier alpha value is -2.47. The zero-order valence-electron chi connectivity index (χ0n) is 15.1. The number of nitrogens with one attached hydrogen (secondary N) is 2. The standard InChI is InChI=1S/C19H23ClFN3O2/c1-4-26-18-16(20)9-14(10-17(18)25-3)12-24-19(22-2)23-11-13-5-7-15(21)8-6-13/h5-10H,4,11-12H2,1-3H3,(H2,22,23,24). The number of aliphatic imine (C=N–C) groups is 1. The molecule has 0 aliphatic rings. The third-order valence-electron chi connectivity index (χ3n) is 3.63. The number of rotatable bonds is 7. The number of hydrogen-bond acceptors (Lipinski definition) is 3. The lowest BCUT2D eigenvalue weighted by Gasteiger charge is -2.15. The Morgan fingerprint density at radius 1 is 1.12 bits per heavy atom. The summed E-state index contributed by atoms with van der Waals surface area (Å²) >= 11 is 6.29. The lowest BCUT2D eigenvalue weighted by Crippen LogP contribution is -2.36. The summed E-state index contributed by atoms with van der Waals surface area (Å²) in [5.74, 6) is 1.50. The van der Waals surface area contributed by atoms with Crippen molar-refractivity contribution in [1.82, 2.24) is 10.6 Å². The van der Waals surface area contributed by atoms with Crippen LogP contribution in [0.3, 0.4) is 0 Å². The van der Waals surface area contributed by atoms with Gasteiger partial charge < -0.3 is 20.1 Å². The Kier molecular flexibility index (Phi) is 7.53. The maximum atomic E-state index is 12.9. The highest BCUT2D eigenvalue weighted by molar-refractivity contribution is 6.32. The van der Waals surface area contributed by atoms with Gasteiger partial charge in [-0.3, -0.25) is 4.99 Å². The lowest BCUT2D eigenvalue weighted by atomic mass is 10.2. The van der Waals surface area contributed by atoms with Gasteiger partial charge in [0.25, 0.3) is 0 Å². The Balaban J connectivity index is 1.97. The van der Waals surface area contributed by atoms with Crippen molar-refractivity contribution in [3.05, 3.63) is 58.4 Å². The molecule has 0 aromatic heterocycles. The molecule has 140 valence electrons. The highest BCUT2D eigenvalue weighted by Crippen LogP contribution is 2.36. The maximum absolute atomic E-state index is 12.9. The third kappa shape index (κ3) is 5.52. The number of benzene rings is 2. The molecule has 0 unspecified atom stereocenters. The van der Waals surface area contributed by atoms with Crippen LogP contribution in [-0.2, 0) is 13.1 Å². The van der Waals surface area contributed by atoms with E-state index in [0.717, 1.165) is 11.1 Å². The van der Waals surface area contributed by atoms with Crippen molar-refractivity contribution in [2.45, 2.75) is 20.0 Å². The summed E-state index contributed by atoms with van der Waals surface area (Å²) in [4.78, 5) is 4.18. The molecule has 0 saturated heterocycles. The Morgan fingerprint density at radius 2 is 1.77 bits per heavy atom. The first-order valence-electron chi connectivity index (χ1n) is 8.25. The summed E-state index contributed by atoms with van der Waals surface area (Å²) in [5.41, 5.74) is 1.89. The summed E-state index contributed by atoms with van der Waals surface area (Å²) in [6, 6.07) is 10.0. The minimum Gasteiger partial charge on any atom is -0.493 e. The molecule has 0 spiro atoms. The number of methoxy groups -OCH3 is 1. The molecule has 0 atom stereocenters. The minimum atomic E-state index is -0.252. The number of ether oxygens (including phenoxy) is 2. The Labute approximate surface area is 158 Å². The van der Waals surface area contributed by atoms with Crippen LogP contribution < -0.4 is 20.1 Å². The van der Waals surface area contributed by atoms with Crippen molar-refractivity contribution < 1.29 is 13.9 Å². The van der Waals surface area contributed by atoms with Gasteiger partial charge in [0.15, 0.2) is 17.5 Å². The van der Waals surface area contributed by atoms with Gasteiger partial charge in [-0.25, -0.2) is 4.39 Å². The molecule has 0 amide bonds. The highest BCUT2D eigenvalue weighted by atomic mass is 35.5. The van der Waals surface area contributed by atoms with Crippen molar-refractivity contribution in [2.75, 3.05) is 20.8 Å². The quantitative estimate of drug-likeness (QED) is 0.568. The van der Waals surface area contributed by atoms with E-state index in [9.17, 15) is 4.39 Å². The SMILES string of the molecule is CCOc1c(Cl)cc(CNC(=NC)NCc2ccc(F)cc2)cc1OC. The van der Waals surface area contributed by atoms with Crippen molar-refractivity contribution in [3.63, 3.8) is 0 Å². The number of halogens is 2. The van der Waals surface area contributed by atoms with Crippen LogP contribution in [0.1, 0.15) is 18.1 Å². The van der Waals surface area contributed by atoms with E-state index >= 15 is 0 Å². The van der Waals surface area contributed by atoms with E-state index in [1.807, 2.05) is 19.1 Å². The van der Waals surface area contributed by atoms with Gasteiger partial charge >= 0.3 is 0 Å². The molecule has 0 saturated carbocycles. The van der Waals surface area contributed by atoms with E-state index in [2.05, 4.69) is 15.6 Å². The summed E-state index contributed by atoms with van der Waals surface area (Å²) < 4.78 is 23.8. The number of hydrogen-bond donors (Lipinski definition) is 2. The van der Waals surface area contributed by atoms with Crippen LogP contribution in [0.4, 0.5) is 4.39 Å². The molecular weight excluding hydrogens is 357 g/mol. The second kappa shape index (κ2) is 9.87. The van der Waals surface area contributed by atoms with Gasteiger partial charge in [-0.05, 0) is 42.3 Å². The average Bonchev–Trinajstić information content (AvgIpc) is 2.65. The van der Waals surface area contributed by atoms with Crippen LogP contribution in [-0.4, -0.2) is 26.7 Å². The van der Waals surface area contributed by atoms with Gasteiger partial charge in [0.05, 0.1) is 18.7 Å². The molecule has 2 aromatic carbocycles. The largest absolute Gasteiger partial charge is 0.493 e. The molecule has 26 heavy (non-hydrogen) atoms. The van der Waals surface area contributed by atoms with E-state index in [0.29, 0.717) is 42.2 Å². The van der Waals surface area contributed by atoms with Crippen LogP contribution in [0.25, 0.3) is 0 Å². The lowest BCUT2D eigenvalue weighted by molar-refractivity contribution is 0.311. The van der Waals surface area contributed by atoms with E-state index < -0.39 is 0 Å². The molecule has 2 rings (SSSR count). The van der Waals surface area contributed by atoms with Crippen LogP contribution in [0.15, 0.2) is 41.4 Å². The molecular formula is C19H23ClFN3O2. The van der Waals surface area contributed by atoms with Gasteiger partial charge in [0.2, 0.25) is 0 Å². The molecule has 0 aliphatic carbocycles. The average molecular weight is 380 g/mol. The fraction of sp³-hybridized carbons (Fsp3) is 0.316. The van der Waals surface area contributed by atoms with E-state index in [1.165, 1.54) is 12.1 Å². The van der Waals surface area contributed by atoms with Crippen LogP contribution in [0.2, 0.25) is 5.02 Å². The van der Waals surface area contributed by atoms with Gasteiger partial charge in [-0.15, -0.1) is 0 Å². The molecule has 0 bridgehead atoms. The molecule has 0 heterocycles. The summed E-state index contributed by atoms with van der Waals surface area (Å²) in [6.45, 7) is 3.44. The Morgan fingerprint density at radius 3 is 2.35 bits per heavy atom. The van der Waals surface area contributed by atoms with Crippen molar-refractivity contribution in [1.29, 1.82) is 0 Å². The van der Waals surface area contributed by atoms with Gasteiger partial charge in [-0.1, -0.05) is 23.7 Å². The van der Waals surface area contributed by atoms with E-state index in [-0.39, 0.29) is 5.82 Å². The third-order valence-corrected chi connectivity index (χ3v) is 3.92. The normalized spacial score (nSPS) is 11.2. The van der Waals surface area contributed by atoms with Crippen molar-refractivity contribution >= 4 is 17.6 Å². The van der Waals surface area contributed by atoms with Gasteiger partial charge in [-0.2, -0.15) is 0 Å². The fourth-order valence-electron chi connectivity index (χ4n) is 2.35. The molecule has 5 nitrogen and oxygen atoms in total. The first kappa shape index (κ1) is 19.8. The highest BCUT2D eigenvalue weighted by Gasteiger charge is 2.12. The molecule has 2 aromatic rings. The van der Waals surface area contributed by atoms with Crippen molar-refractivity contribution in [2.24, 2.45) is 4.99 Å². The number of nitrogens with zero attached hydrogens (tertiary/aromatic N) is 1. The first-order chi connectivity index (χ1) is 12.6. The minimum absolute atomic E-state index is 0.252. The summed E-state index contributed by atoms with van der Waals surface area (Å²) in [5, 5.41) is 6.88. The zero-order chi connectivity index (χ0) is 18.9. The van der Waals surface area contributed by atoms with E-state index in [4.69, 9.17) is 21.1 Å². The van der Waals surface area contributed by atoms with Crippen LogP contribution >= 0.6 is 11.6 Å². The first-order valence-corrected chi connectivity index (χ1v) is 8.63. The molecule has 7 heteroatoms. The topological polar surface area (TPSA) is 54.9 Å².